The number of ether oxygens (including phenoxy) is 1. The summed E-state index contributed by atoms with van der Waals surface area (Å²) in [4.78, 5) is 38.6. The van der Waals surface area contributed by atoms with Crippen molar-refractivity contribution in [2.45, 2.75) is 6.92 Å². The average Bonchev–Trinajstić information content (AvgIpc) is 3.17. The number of carbonyl (C=O) groups is 3. The third-order valence-corrected chi connectivity index (χ3v) is 4.95. The number of halogens is 3. The third kappa shape index (κ3) is 6.83. The van der Waals surface area contributed by atoms with E-state index < -0.39 is 5.91 Å². The van der Waals surface area contributed by atoms with Gasteiger partial charge in [0.1, 0.15) is 10.3 Å². The maximum atomic E-state index is 13.1. The Kier molecular flexibility index (Phi) is 9.95. The molecule has 33 heavy (non-hydrogen) atoms. The highest BCUT2D eigenvalue weighted by atomic mass is 79.9. The number of carbonyl (C=O) groups excluding carboxylic acids is 3. The Labute approximate surface area is 207 Å². The van der Waals surface area contributed by atoms with Crippen LogP contribution in [0.15, 0.2) is 41.1 Å². The molecule has 2 aromatic heterocycles. The molecule has 0 fully saturated rings. The first-order valence-corrected chi connectivity index (χ1v) is 10.7. The monoisotopic (exact) mass is 556 g/mol. The molecule has 0 atom stereocenters. The second kappa shape index (κ2) is 12.4. The molecule has 0 saturated heterocycles. The van der Waals surface area contributed by atoms with E-state index in [1.54, 1.807) is 31.3 Å². The zero-order valence-electron chi connectivity index (χ0n) is 17.4. The molecule has 0 radical (unpaired) electrons. The smallest absolute Gasteiger partial charge is 0.292 e. The van der Waals surface area contributed by atoms with Crippen LogP contribution in [0.2, 0.25) is 10.0 Å². The lowest BCUT2D eigenvalue weighted by atomic mass is 10.0. The first kappa shape index (κ1) is 26.4. The number of amides is 1. The minimum atomic E-state index is -0.509. The molecule has 2 heterocycles. The maximum absolute atomic E-state index is 13.1. The molecule has 0 bridgehead atoms. The van der Waals surface area contributed by atoms with Crippen LogP contribution in [0.25, 0.3) is 5.82 Å². The maximum Gasteiger partial charge on any atom is 0.292 e. The molecule has 0 unspecified atom stereocenters. The lowest BCUT2D eigenvalue weighted by Crippen LogP contribution is -2.30. The molecule has 1 amide bonds. The van der Waals surface area contributed by atoms with Crippen molar-refractivity contribution in [3.63, 3.8) is 0 Å². The molecule has 0 aliphatic rings. The van der Waals surface area contributed by atoms with Crippen LogP contribution in [0.1, 0.15) is 26.4 Å². The molecule has 1 aromatic carbocycles. The van der Waals surface area contributed by atoms with Gasteiger partial charge in [0.25, 0.3) is 12.4 Å². The van der Waals surface area contributed by atoms with Gasteiger partial charge >= 0.3 is 0 Å². The molecule has 0 aliphatic heterocycles. The van der Waals surface area contributed by atoms with Gasteiger partial charge in [0.2, 0.25) is 0 Å². The summed E-state index contributed by atoms with van der Waals surface area (Å²) in [6.07, 6.45) is 1.54. The quantitative estimate of drug-likeness (QED) is 0.174. The van der Waals surface area contributed by atoms with E-state index in [0.29, 0.717) is 38.2 Å². The number of nitrogens with two attached hydrogens (primary N) is 1. The van der Waals surface area contributed by atoms with E-state index in [9.17, 15) is 9.59 Å². The van der Waals surface area contributed by atoms with Gasteiger partial charge in [-0.25, -0.2) is 9.67 Å². The molecule has 10 nitrogen and oxygen atoms in total. The zero-order chi connectivity index (χ0) is 24.5. The number of pyridine rings is 1. The van der Waals surface area contributed by atoms with Crippen molar-refractivity contribution in [2.75, 3.05) is 19.0 Å². The topological polar surface area (TPSA) is 141 Å². The fourth-order valence-electron chi connectivity index (χ4n) is 2.70. The van der Waals surface area contributed by atoms with Gasteiger partial charge in [0, 0.05) is 22.8 Å². The third-order valence-electron chi connectivity index (χ3n) is 4.05. The Morgan fingerprint density at radius 2 is 2.00 bits per heavy atom. The molecule has 13 heteroatoms. The van der Waals surface area contributed by atoms with Gasteiger partial charge in [0.05, 0.1) is 24.4 Å². The van der Waals surface area contributed by atoms with Gasteiger partial charge in [-0.15, -0.1) is 0 Å². The number of hydrogen-bond donors (Lipinski definition) is 3. The predicted octanol–water partition coefficient (Wildman–Crippen LogP) is 3.33. The fourth-order valence-corrected chi connectivity index (χ4v) is 3.55. The highest BCUT2D eigenvalue weighted by molar-refractivity contribution is 9.10. The van der Waals surface area contributed by atoms with Crippen molar-refractivity contribution in [2.24, 2.45) is 5.84 Å². The first-order valence-electron chi connectivity index (χ1n) is 9.14. The van der Waals surface area contributed by atoms with E-state index in [1.807, 2.05) is 0 Å². The fraction of sp³-hybridized carbons (Fsp3) is 0.150. The number of benzene rings is 1. The Bertz CT molecular complexity index is 1170. The van der Waals surface area contributed by atoms with Gasteiger partial charge in [-0.05, 0) is 52.7 Å². The van der Waals surface area contributed by atoms with Crippen LogP contribution >= 0.6 is 39.1 Å². The highest BCUT2D eigenvalue weighted by Crippen LogP contribution is 2.28. The van der Waals surface area contributed by atoms with Gasteiger partial charge in [-0.2, -0.15) is 5.10 Å². The van der Waals surface area contributed by atoms with Crippen LogP contribution in [0.5, 0.6) is 0 Å². The van der Waals surface area contributed by atoms with E-state index in [-0.39, 0.29) is 23.6 Å². The molecule has 4 N–H and O–H groups in total. The molecular weight excluding hydrogens is 539 g/mol. The summed E-state index contributed by atoms with van der Waals surface area (Å²) in [5.41, 5.74) is 3.66. The second-order valence-corrected chi connectivity index (χ2v) is 7.96. The molecule has 0 aliphatic carbocycles. The first-order chi connectivity index (χ1) is 15.7. The van der Waals surface area contributed by atoms with Crippen molar-refractivity contribution in [3.05, 3.63) is 68.0 Å². The number of anilines is 1. The Balaban J connectivity index is 0.000000890. The van der Waals surface area contributed by atoms with Gasteiger partial charge < -0.3 is 10.1 Å². The molecule has 3 aromatic rings. The number of aryl methyl sites for hydroxylation is 1. The molecule has 0 spiro atoms. The lowest BCUT2D eigenvalue weighted by molar-refractivity contribution is -0.126. The molecular formula is C20H19BrCl2N6O4. The van der Waals surface area contributed by atoms with Crippen molar-refractivity contribution in [3.8, 4) is 5.82 Å². The summed E-state index contributed by atoms with van der Waals surface area (Å²) < 4.78 is 5.59. The number of Topliss-reactive ketones (excluding diaryl/α,β-unsaturated/α-hetero) is 1. The summed E-state index contributed by atoms with van der Waals surface area (Å²) in [6.45, 7) is 1.99. The van der Waals surface area contributed by atoms with Crippen LogP contribution in [-0.2, 0) is 9.53 Å². The predicted molar refractivity (Wildman–Crippen MR) is 128 cm³/mol. The second-order valence-electron chi connectivity index (χ2n) is 6.31. The highest BCUT2D eigenvalue weighted by Gasteiger charge is 2.22. The van der Waals surface area contributed by atoms with Gasteiger partial charge in [-0.1, -0.05) is 23.2 Å². The van der Waals surface area contributed by atoms with Crippen molar-refractivity contribution in [1.82, 2.24) is 20.2 Å². The van der Waals surface area contributed by atoms with Crippen LogP contribution in [0.3, 0.4) is 0 Å². The van der Waals surface area contributed by atoms with Crippen molar-refractivity contribution >= 4 is 63.0 Å². The number of nitrogens with one attached hydrogen (secondary N) is 2. The molecule has 174 valence electrons. The Hall–Kier alpha value is -2.83. The number of rotatable bonds is 7. The van der Waals surface area contributed by atoms with Crippen LogP contribution < -0.4 is 16.6 Å². The summed E-state index contributed by atoms with van der Waals surface area (Å²) >= 11 is 15.6. The van der Waals surface area contributed by atoms with E-state index >= 15 is 0 Å². The summed E-state index contributed by atoms with van der Waals surface area (Å²) in [5, 5.41) is 7.70. The molecule has 3 rings (SSSR count). The normalized spacial score (nSPS) is 10.1. The SMILES string of the molecule is COC=O.Cc1cc(Cl)cc(C(=O)CNN)c1NC(=O)c1cc(Br)nn1-c1ncccc1Cl. The Morgan fingerprint density at radius 1 is 1.30 bits per heavy atom. The summed E-state index contributed by atoms with van der Waals surface area (Å²) in [5.74, 6) is 4.72. The largest absolute Gasteiger partial charge is 0.471 e. The van der Waals surface area contributed by atoms with E-state index in [4.69, 9.17) is 33.8 Å². The number of hydrazine groups is 1. The number of hydrogen-bond acceptors (Lipinski definition) is 8. The lowest BCUT2D eigenvalue weighted by Gasteiger charge is -2.15. The molecule has 0 saturated carbocycles. The number of ketones is 1. The number of methoxy groups -OCH3 is 1. The van der Waals surface area contributed by atoms with E-state index in [1.165, 1.54) is 23.9 Å². The van der Waals surface area contributed by atoms with Crippen molar-refractivity contribution in [1.29, 1.82) is 0 Å². The van der Waals surface area contributed by atoms with Crippen LogP contribution in [0, 0.1) is 6.92 Å². The van der Waals surface area contributed by atoms with Gasteiger partial charge in [0.15, 0.2) is 11.6 Å². The average molecular weight is 558 g/mol. The summed E-state index contributed by atoms with van der Waals surface area (Å²) in [6, 6.07) is 7.96. The standard InChI is InChI=1S/C18H15BrCl2N6O2.C2H4O2/c1-9-5-10(20)6-11(14(28)8-24-22)16(9)25-18(29)13-7-15(19)26-27(13)17-12(21)3-2-4-23-17;1-4-2-3/h2-7,24H,8,22H2,1H3,(H,25,29);2H,1H3. The number of aromatic nitrogens is 3. The van der Waals surface area contributed by atoms with Crippen LogP contribution in [0.4, 0.5) is 5.69 Å². The Morgan fingerprint density at radius 3 is 2.61 bits per heavy atom. The van der Waals surface area contributed by atoms with Crippen LogP contribution in [-0.4, -0.2) is 46.6 Å². The van der Waals surface area contributed by atoms with E-state index in [0.717, 1.165) is 0 Å². The zero-order valence-corrected chi connectivity index (χ0v) is 20.5. The van der Waals surface area contributed by atoms with Crippen molar-refractivity contribution < 1.29 is 19.1 Å². The summed E-state index contributed by atoms with van der Waals surface area (Å²) in [7, 11) is 1.31. The minimum absolute atomic E-state index is 0.115. The minimum Gasteiger partial charge on any atom is -0.471 e. The number of nitrogens with zero attached hydrogens (tertiary/aromatic N) is 3. The van der Waals surface area contributed by atoms with E-state index in [2.05, 4.69) is 41.5 Å². The van der Waals surface area contributed by atoms with Gasteiger partial charge in [-0.3, -0.25) is 25.7 Å².